The van der Waals surface area contributed by atoms with Crippen molar-refractivity contribution in [2.24, 2.45) is 0 Å². The fourth-order valence-corrected chi connectivity index (χ4v) is 2.17. The Hall–Kier alpha value is -1.33. The van der Waals surface area contributed by atoms with Crippen LogP contribution < -0.4 is 5.32 Å². The summed E-state index contributed by atoms with van der Waals surface area (Å²) in [6.07, 6.45) is -0.359. The van der Waals surface area contributed by atoms with Crippen LogP contribution in [-0.2, 0) is 4.74 Å². The van der Waals surface area contributed by atoms with Crippen LogP contribution in [0.5, 0.6) is 0 Å². The van der Waals surface area contributed by atoms with Crippen LogP contribution >= 0.6 is 11.6 Å². The van der Waals surface area contributed by atoms with Gasteiger partial charge in [-0.15, -0.1) is 0 Å². The van der Waals surface area contributed by atoms with Crippen LogP contribution in [0.3, 0.4) is 0 Å². The van der Waals surface area contributed by atoms with Gasteiger partial charge in [0, 0.05) is 31.2 Å². The lowest BCUT2D eigenvalue weighted by Crippen LogP contribution is -2.38. The number of hydrogen-bond donors (Lipinski definition) is 1. The second-order valence-electron chi connectivity index (χ2n) is 6.24. The zero-order chi connectivity index (χ0) is 16.9. The molecule has 4 nitrogen and oxygen atoms in total. The average molecular weight is 331 g/mol. The minimum absolute atomic E-state index is 0.0415. The summed E-state index contributed by atoms with van der Waals surface area (Å²) < 4.78 is 18.3. The van der Waals surface area contributed by atoms with Gasteiger partial charge in [-0.25, -0.2) is 9.18 Å². The number of halogens is 2. The van der Waals surface area contributed by atoms with Crippen LogP contribution in [0.4, 0.5) is 9.18 Å². The van der Waals surface area contributed by atoms with Crippen LogP contribution in [-0.4, -0.2) is 36.7 Å². The molecule has 0 saturated carbocycles. The predicted octanol–water partition coefficient (Wildman–Crippen LogP) is 4.00. The Balaban J connectivity index is 2.44. The van der Waals surface area contributed by atoms with Gasteiger partial charge in [0.05, 0.1) is 0 Å². The average Bonchev–Trinajstić information content (AvgIpc) is 2.36. The SMILES string of the molecule is CC(NCCN(C)C(=O)OC(C)(C)C)c1ccc(F)cc1Cl. The molecule has 0 saturated heterocycles. The van der Waals surface area contributed by atoms with E-state index in [2.05, 4.69) is 5.32 Å². The number of amides is 1. The smallest absolute Gasteiger partial charge is 0.410 e. The van der Waals surface area contributed by atoms with E-state index in [-0.39, 0.29) is 18.0 Å². The largest absolute Gasteiger partial charge is 0.444 e. The lowest BCUT2D eigenvalue weighted by molar-refractivity contribution is 0.0299. The number of benzene rings is 1. The molecule has 0 aromatic heterocycles. The van der Waals surface area contributed by atoms with Crippen LogP contribution in [0.2, 0.25) is 5.02 Å². The van der Waals surface area contributed by atoms with Gasteiger partial charge in [0.25, 0.3) is 0 Å². The summed E-state index contributed by atoms with van der Waals surface area (Å²) in [6.45, 7) is 8.50. The van der Waals surface area contributed by atoms with Gasteiger partial charge in [-0.3, -0.25) is 0 Å². The van der Waals surface area contributed by atoms with E-state index in [1.807, 2.05) is 27.7 Å². The monoisotopic (exact) mass is 330 g/mol. The summed E-state index contributed by atoms with van der Waals surface area (Å²) >= 11 is 6.02. The minimum atomic E-state index is -0.506. The zero-order valence-electron chi connectivity index (χ0n) is 13.7. The Labute approximate surface area is 136 Å². The van der Waals surface area contributed by atoms with E-state index in [1.165, 1.54) is 17.0 Å². The fraction of sp³-hybridized carbons (Fsp3) is 0.562. The standard InChI is InChI=1S/C16H24ClFN2O2/c1-11(13-7-6-12(18)10-14(13)17)19-8-9-20(5)15(21)22-16(2,3)4/h6-7,10-11,19H,8-9H2,1-5H3. The Bertz CT molecular complexity index is 517. The fourth-order valence-electron chi connectivity index (χ4n) is 1.84. The summed E-state index contributed by atoms with van der Waals surface area (Å²) in [5.74, 6) is -0.356. The lowest BCUT2D eigenvalue weighted by atomic mass is 10.1. The first kappa shape index (κ1) is 18.7. The summed E-state index contributed by atoms with van der Waals surface area (Å²) in [7, 11) is 1.69. The highest BCUT2D eigenvalue weighted by atomic mass is 35.5. The highest BCUT2D eigenvalue weighted by molar-refractivity contribution is 6.31. The second kappa shape index (κ2) is 7.79. The summed E-state index contributed by atoms with van der Waals surface area (Å²) in [5.41, 5.74) is 0.316. The van der Waals surface area contributed by atoms with Crippen molar-refractivity contribution in [1.29, 1.82) is 0 Å². The maximum absolute atomic E-state index is 13.0. The third-order valence-electron chi connectivity index (χ3n) is 3.03. The molecule has 0 bridgehead atoms. The van der Waals surface area contributed by atoms with E-state index < -0.39 is 5.60 Å². The van der Waals surface area contributed by atoms with Crippen LogP contribution in [0.25, 0.3) is 0 Å². The molecule has 124 valence electrons. The molecule has 6 heteroatoms. The van der Waals surface area contributed by atoms with Gasteiger partial charge in [0.15, 0.2) is 0 Å². The molecule has 1 rings (SSSR count). The summed E-state index contributed by atoms with van der Waals surface area (Å²) in [5, 5.41) is 3.64. The Kier molecular flexibility index (Phi) is 6.63. The van der Waals surface area contributed by atoms with E-state index in [0.717, 1.165) is 5.56 Å². The van der Waals surface area contributed by atoms with Crippen molar-refractivity contribution in [3.05, 3.63) is 34.6 Å². The van der Waals surface area contributed by atoms with Crippen LogP contribution in [0.15, 0.2) is 18.2 Å². The Morgan fingerprint density at radius 1 is 1.45 bits per heavy atom. The van der Waals surface area contributed by atoms with Gasteiger partial charge >= 0.3 is 6.09 Å². The lowest BCUT2D eigenvalue weighted by Gasteiger charge is -2.25. The maximum Gasteiger partial charge on any atom is 0.410 e. The van der Waals surface area contributed by atoms with E-state index in [0.29, 0.717) is 18.1 Å². The molecule has 1 aromatic rings. The van der Waals surface area contributed by atoms with E-state index in [4.69, 9.17) is 16.3 Å². The van der Waals surface area contributed by atoms with E-state index >= 15 is 0 Å². The Morgan fingerprint density at radius 3 is 2.64 bits per heavy atom. The van der Waals surface area contributed by atoms with Crippen molar-refractivity contribution in [3.63, 3.8) is 0 Å². The summed E-state index contributed by atoms with van der Waals surface area (Å²) in [6, 6.07) is 4.29. The third-order valence-corrected chi connectivity index (χ3v) is 3.36. The minimum Gasteiger partial charge on any atom is -0.444 e. The molecule has 1 unspecified atom stereocenters. The van der Waals surface area contributed by atoms with Crippen molar-refractivity contribution in [1.82, 2.24) is 10.2 Å². The van der Waals surface area contributed by atoms with E-state index in [9.17, 15) is 9.18 Å². The predicted molar refractivity (Wildman–Crippen MR) is 86.7 cm³/mol. The molecule has 22 heavy (non-hydrogen) atoms. The number of carbonyl (C=O) groups is 1. The number of likely N-dealkylation sites (N-methyl/N-ethyl adjacent to an activating group) is 1. The molecule has 0 spiro atoms. The normalized spacial score (nSPS) is 12.9. The van der Waals surface area contributed by atoms with Gasteiger partial charge in [-0.05, 0) is 45.4 Å². The molecule has 1 atom stereocenters. The van der Waals surface area contributed by atoms with Gasteiger partial charge in [-0.1, -0.05) is 17.7 Å². The van der Waals surface area contributed by atoms with Gasteiger partial charge in [-0.2, -0.15) is 0 Å². The molecule has 0 aliphatic rings. The molecule has 1 N–H and O–H groups in total. The van der Waals surface area contributed by atoms with Crippen molar-refractivity contribution in [3.8, 4) is 0 Å². The molecule has 1 aromatic carbocycles. The first-order chi connectivity index (χ1) is 10.1. The third kappa shape index (κ3) is 6.20. The molecule has 0 aliphatic carbocycles. The number of nitrogens with one attached hydrogen (secondary N) is 1. The number of hydrogen-bond acceptors (Lipinski definition) is 3. The number of nitrogens with zero attached hydrogens (tertiary/aromatic N) is 1. The molecular weight excluding hydrogens is 307 g/mol. The quantitative estimate of drug-likeness (QED) is 0.887. The van der Waals surface area contributed by atoms with Crippen molar-refractivity contribution in [2.45, 2.75) is 39.3 Å². The topological polar surface area (TPSA) is 41.6 Å². The van der Waals surface area contributed by atoms with Gasteiger partial charge in [0.1, 0.15) is 11.4 Å². The zero-order valence-corrected chi connectivity index (χ0v) is 14.5. The van der Waals surface area contributed by atoms with E-state index in [1.54, 1.807) is 13.1 Å². The second-order valence-corrected chi connectivity index (χ2v) is 6.65. The molecular formula is C16H24ClFN2O2. The number of ether oxygens (including phenoxy) is 1. The van der Waals surface area contributed by atoms with Crippen LogP contribution in [0.1, 0.15) is 39.3 Å². The molecule has 1 amide bonds. The number of carbonyl (C=O) groups excluding carboxylic acids is 1. The number of rotatable bonds is 5. The van der Waals surface area contributed by atoms with Gasteiger partial charge in [0.2, 0.25) is 0 Å². The van der Waals surface area contributed by atoms with Crippen molar-refractivity contribution >= 4 is 17.7 Å². The first-order valence-electron chi connectivity index (χ1n) is 7.22. The molecule has 0 radical (unpaired) electrons. The van der Waals surface area contributed by atoms with Gasteiger partial charge < -0.3 is 15.0 Å². The summed E-state index contributed by atoms with van der Waals surface area (Å²) in [4.78, 5) is 13.3. The maximum atomic E-state index is 13.0. The van der Waals surface area contributed by atoms with Crippen molar-refractivity contribution in [2.75, 3.05) is 20.1 Å². The van der Waals surface area contributed by atoms with Crippen molar-refractivity contribution < 1.29 is 13.9 Å². The Morgan fingerprint density at radius 2 is 2.09 bits per heavy atom. The van der Waals surface area contributed by atoms with Crippen LogP contribution in [0, 0.1) is 5.82 Å². The highest BCUT2D eigenvalue weighted by Gasteiger charge is 2.19. The molecule has 0 heterocycles. The highest BCUT2D eigenvalue weighted by Crippen LogP contribution is 2.23. The molecule has 0 aliphatic heterocycles. The molecule has 0 fully saturated rings. The first-order valence-corrected chi connectivity index (χ1v) is 7.60.